The molecule has 0 atom stereocenters. The normalized spacial score (nSPS) is 16.6. The third kappa shape index (κ3) is 2.35. The van der Waals surface area contributed by atoms with Crippen LogP contribution in [0.4, 0.5) is 5.69 Å². The molecule has 2 rings (SSSR count). The van der Waals surface area contributed by atoms with Crippen molar-refractivity contribution in [2.45, 2.75) is 37.3 Å². The van der Waals surface area contributed by atoms with E-state index in [4.69, 9.17) is 0 Å². The fourth-order valence-electron chi connectivity index (χ4n) is 2.00. The van der Waals surface area contributed by atoms with Gasteiger partial charge in [-0.1, -0.05) is 6.42 Å². The number of rotatable bonds is 5. The number of nitrogens with one attached hydrogen (secondary N) is 1. The molecule has 1 fully saturated rings. The highest BCUT2D eigenvalue weighted by molar-refractivity contribution is 7.89. The summed E-state index contributed by atoms with van der Waals surface area (Å²) in [5.74, 6) is 0. The third-order valence-electron chi connectivity index (χ3n) is 3.35. The Kier molecular flexibility index (Phi) is 3.87. The monoisotopic (exact) mass is 269 g/mol. The Morgan fingerprint density at radius 2 is 2.22 bits per heavy atom. The predicted molar refractivity (Wildman–Crippen MR) is 71.0 cm³/mol. The van der Waals surface area contributed by atoms with E-state index >= 15 is 0 Å². The van der Waals surface area contributed by atoms with Crippen molar-refractivity contribution in [2.24, 2.45) is 0 Å². The van der Waals surface area contributed by atoms with Gasteiger partial charge in [-0.15, -0.1) is 0 Å². The Balaban J connectivity index is 2.34. The van der Waals surface area contributed by atoms with E-state index in [0.717, 1.165) is 19.3 Å². The molecule has 0 bridgehead atoms. The minimum absolute atomic E-state index is 0.126. The summed E-state index contributed by atoms with van der Waals surface area (Å²) in [7, 11) is -1.85. The van der Waals surface area contributed by atoms with Crippen LogP contribution in [0.2, 0.25) is 0 Å². The second-order valence-corrected chi connectivity index (χ2v) is 6.41. The van der Waals surface area contributed by atoms with Gasteiger partial charge in [0, 0.05) is 25.8 Å². The first kappa shape index (κ1) is 13.3. The van der Waals surface area contributed by atoms with Gasteiger partial charge in [0.05, 0.1) is 5.69 Å². The lowest BCUT2D eigenvalue weighted by atomic mass is 9.94. The van der Waals surface area contributed by atoms with Crippen LogP contribution in [0.25, 0.3) is 0 Å². The number of hydrogen-bond acceptors (Lipinski definition) is 4. The summed E-state index contributed by atoms with van der Waals surface area (Å²) in [5.41, 5.74) is 0.575. The van der Waals surface area contributed by atoms with E-state index in [0.29, 0.717) is 12.2 Å². The summed E-state index contributed by atoms with van der Waals surface area (Å²) >= 11 is 0. The highest BCUT2D eigenvalue weighted by Crippen LogP contribution is 2.30. The van der Waals surface area contributed by atoms with Gasteiger partial charge in [0.2, 0.25) is 0 Å². The van der Waals surface area contributed by atoms with Crippen LogP contribution in [0.3, 0.4) is 0 Å². The summed E-state index contributed by atoms with van der Waals surface area (Å²) in [4.78, 5) is 4.04. The molecular weight excluding hydrogens is 250 g/mol. The van der Waals surface area contributed by atoms with E-state index in [1.807, 2.05) is 6.92 Å². The van der Waals surface area contributed by atoms with Gasteiger partial charge in [0.15, 0.2) is 5.03 Å². The van der Waals surface area contributed by atoms with E-state index in [1.54, 1.807) is 19.2 Å². The fraction of sp³-hybridized carbons (Fsp3) is 0.583. The maximum absolute atomic E-state index is 12.5. The molecule has 0 amide bonds. The van der Waals surface area contributed by atoms with Crippen LogP contribution in [0.1, 0.15) is 26.2 Å². The molecule has 0 radical (unpaired) electrons. The zero-order chi connectivity index (χ0) is 13.2. The van der Waals surface area contributed by atoms with Crippen molar-refractivity contribution in [1.29, 1.82) is 0 Å². The van der Waals surface area contributed by atoms with Crippen LogP contribution in [-0.2, 0) is 10.0 Å². The van der Waals surface area contributed by atoms with E-state index in [9.17, 15) is 8.42 Å². The van der Waals surface area contributed by atoms with Crippen LogP contribution in [0.5, 0.6) is 0 Å². The standard InChI is InChI=1S/C12H19N3O2S/c1-3-13-11-8-5-9-14-12(11)18(16,17)15(2)10-6-4-7-10/h5,8-10,13H,3-4,6-7H2,1-2H3. The molecule has 1 N–H and O–H groups in total. The van der Waals surface area contributed by atoms with Gasteiger partial charge in [0.1, 0.15) is 0 Å². The molecule has 1 aliphatic carbocycles. The lowest BCUT2D eigenvalue weighted by molar-refractivity contribution is 0.249. The first-order chi connectivity index (χ1) is 8.57. The molecule has 0 aromatic carbocycles. The molecule has 1 aromatic rings. The summed E-state index contributed by atoms with van der Waals surface area (Å²) in [6.45, 7) is 2.60. The highest BCUT2D eigenvalue weighted by Gasteiger charge is 2.33. The van der Waals surface area contributed by atoms with Gasteiger partial charge in [-0.2, -0.15) is 4.31 Å². The second kappa shape index (κ2) is 5.24. The minimum Gasteiger partial charge on any atom is -0.383 e. The molecule has 0 saturated heterocycles. The van der Waals surface area contributed by atoms with Crippen molar-refractivity contribution in [3.05, 3.63) is 18.3 Å². The van der Waals surface area contributed by atoms with Gasteiger partial charge in [0.25, 0.3) is 10.0 Å². The summed E-state index contributed by atoms with van der Waals surface area (Å²) < 4.78 is 26.4. The molecule has 1 aromatic heterocycles. The van der Waals surface area contributed by atoms with Gasteiger partial charge in [-0.25, -0.2) is 13.4 Å². The van der Waals surface area contributed by atoms with Gasteiger partial charge >= 0.3 is 0 Å². The number of anilines is 1. The van der Waals surface area contributed by atoms with E-state index in [-0.39, 0.29) is 11.1 Å². The van der Waals surface area contributed by atoms with Crippen molar-refractivity contribution in [2.75, 3.05) is 18.9 Å². The lowest BCUT2D eigenvalue weighted by Gasteiger charge is -2.33. The topological polar surface area (TPSA) is 62.3 Å². The van der Waals surface area contributed by atoms with Gasteiger partial charge in [-0.3, -0.25) is 0 Å². The first-order valence-electron chi connectivity index (χ1n) is 6.24. The average molecular weight is 269 g/mol. The van der Waals surface area contributed by atoms with Crippen LogP contribution in [0.15, 0.2) is 23.4 Å². The Bertz CT molecular complexity index is 512. The van der Waals surface area contributed by atoms with E-state index in [1.165, 1.54) is 10.5 Å². The number of hydrogen-bond donors (Lipinski definition) is 1. The van der Waals surface area contributed by atoms with E-state index in [2.05, 4.69) is 10.3 Å². The smallest absolute Gasteiger partial charge is 0.262 e. The maximum atomic E-state index is 12.5. The second-order valence-electron chi connectivity index (χ2n) is 4.49. The Morgan fingerprint density at radius 1 is 1.50 bits per heavy atom. The molecule has 0 unspecified atom stereocenters. The zero-order valence-electron chi connectivity index (χ0n) is 10.8. The van der Waals surface area contributed by atoms with Crippen LogP contribution in [-0.4, -0.2) is 37.3 Å². The summed E-state index contributed by atoms with van der Waals surface area (Å²) in [6, 6.07) is 3.62. The van der Waals surface area contributed by atoms with Crippen LogP contribution >= 0.6 is 0 Å². The zero-order valence-corrected chi connectivity index (χ0v) is 11.6. The molecular formula is C12H19N3O2S. The van der Waals surface area contributed by atoms with Crippen molar-refractivity contribution >= 4 is 15.7 Å². The van der Waals surface area contributed by atoms with Crippen molar-refractivity contribution < 1.29 is 8.42 Å². The molecule has 18 heavy (non-hydrogen) atoms. The van der Waals surface area contributed by atoms with Crippen molar-refractivity contribution in [3.63, 3.8) is 0 Å². The molecule has 1 saturated carbocycles. The Labute approximate surface area is 108 Å². The lowest BCUT2D eigenvalue weighted by Crippen LogP contribution is -2.41. The average Bonchev–Trinajstić information content (AvgIpc) is 2.27. The fourth-order valence-corrected chi connectivity index (χ4v) is 3.49. The SMILES string of the molecule is CCNc1cccnc1S(=O)(=O)N(C)C1CCC1. The van der Waals surface area contributed by atoms with Gasteiger partial charge < -0.3 is 5.32 Å². The van der Waals surface area contributed by atoms with Crippen LogP contribution < -0.4 is 5.32 Å². The number of pyridine rings is 1. The molecule has 100 valence electrons. The molecule has 0 spiro atoms. The summed E-state index contributed by atoms with van der Waals surface area (Å²) in [5, 5.41) is 3.17. The maximum Gasteiger partial charge on any atom is 0.262 e. The minimum atomic E-state index is -3.49. The Morgan fingerprint density at radius 3 is 2.78 bits per heavy atom. The van der Waals surface area contributed by atoms with Crippen LogP contribution in [0, 0.1) is 0 Å². The number of aromatic nitrogens is 1. The first-order valence-corrected chi connectivity index (χ1v) is 7.68. The molecule has 1 heterocycles. The predicted octanol–water partition coefficient (Wildman–Crippen LogP) is 1.69. The molecule has 6 heteroatoms. The van der Waals surface area contributed by atoms with Crippen molar-refractivity contribution in [1.82, 2.24) is 9.29 Å². The Hall–Kier alpha value is -1.14. The van der Waals surface area contributed by atoms with Gasteiger partial charge in [-0.05, 0) is 31.9 Å². The van der Waals surface area contributed by atoms with Crippen molar-refractivity contribution in [3.8, 4) is 0 Å². The molecule has 1 aliphatic rings. The van der Waals surface area contributed by atoms with E-state index < -0.39 is 10.0 Å². The summed E-state index contributed by atoms with van der Waals surface area (Å²) in [6.07, 6.45) is 4.51. The quantitative estimate of drug-likeness (QED) is 0.883. The molecule has 5 nitrogen and oxygen atoms in total. The number of sulfonamides is 1. The number of nitrogens with zero attached hydrogens (tertiary/aromatic N) is 2. The third-order valence-corrected chi connectivity index (χ3v) is 5.22. The highest BCUT2D eigenvalue weighted by atomic mass is 32.2. The largest absolute Gasteiger partial charge is 0.383 e. The molecule has 0 aliphatic heterocycles.